The number of benzene rings is 2. The van der Waals surface area contributed by atoms with Gasteiger partial charge in [0.15, 0.2) is 11.0 Å². The molecule has 9 heteroatoms. The van der Waals surface area contributed by atoms with Gasteiger partial charge in [0.25, 0.3) is 0 Å². The third kappa shape index (κ3) is 4.33. The van der Waals surface area contributed by atoms with Crippen molar-refractivity contribution >= 4 is 34.3 Å². The van der Waals surface area contributed by atoms with E-state index in [9.17, 15) is 4.79 Å². The number of hydrogen-bond donors (Lipinski definition) is 0. The van der Waals surface area contributed by atoms with Crippen LogP contribution < -0.4 is 15.1 Å². The van der Waals surface area contributed by atoms with Gasteiger partial charge >= 0.3 is 5.63 Å². The average molecular weight is 470 g/mol. The summed E-state index contributed by atoms with van der Waals surface area (Å²) in [6.07, 6.45) is 2.17. The number of aromatic nitrogens is 3. The minimum atomic E-state index is -0.390. The first kappa shape index (κ1) is 20.9. The van der Waals surface area contributed by atoms with Crippen molar-refractivity contribution in [3.8, 4) is 11.5 Å². The summed E-state index contributed by atoms with van der Waals surface area (Å²) in [6, 6.07) is 14.7. The summed E-state index contributed by atoms with van der Waals surface area (Å²) in [4.78, 5) is 12.1. The standard InChI is InChI=1S/C23H20ClN3O4S/c1-29-16-8-9-17-14(10-22(28)31-20(17)11-16)13-32-23-26-25-21(27(23)15-6-7-15)12-30-19-5-3-2-4-18(19)24/h2-5,8-11,15H,6-7,12-13H2,1H3. The molecule has 1 saturated carbocycles. The number of methoxy groups -OCH3 is 1. The van der Waals surface area contributed by atoms with Crippen molar-refractivity contribution < 1.29 is 13.9 Å². The maximum absolute atomic E-state index is 12.1. The smallest absolute Gasteiger partial charge is 0.336 e. The zero-order valence-corrected chi connectivity index (χ0v) is 18.9. The predicted molar refractivity (Wildman–Crippen MR) is 123 cm³/mol. The van der Waals surface area contributed by atoms with Gasteiger partial charge in [-0.1, -0.05) is 35.5 Å². The van der Waals surface area contributed by atoms with E-state index in [4.69, 9.17) is 25.5 Å². The van der Waals surface area contributed by atoms with Crippen LogP contribution in [0, 0.1) is 0 Å². The summed E-state index contributed by atoms with van der Waals surface area (Å²) < 4.78 is 18.6. The second kappa shape index (κ2) is 8.88. The van der Waals surface area contributed by atoms with Crippen LogP contribution in [0.3, 0.4) is 0 Å². The molecule has 164 valence electrons. The van der Waals surface area contributed by atoms with Crippen molar-refractivity contribution in [2.45, 2.75) is 36.4 Å². The fraction of sp³-hybridized carbons (Fsp3) is 0.261. The first-order valence-electron chi connectivity index (χ1n) is 10.2. The molecule has 32 heavy (non-hydrogen) atoms. The SMILES string of the molecule is COc1ccc2c(CSc3nnc(COc4ccccc4Cl)n3C3CC3)cc(=O)oc2c1. The highest BCUT2D eigenvalue weighted by Crippen LogP contribution is 2.40. The monoisotopic (exact) mass is 469 g/mol. The largest absolute Gasteiger partial charge is 0.497 e. The molecule has 0 amide bonds. The van der Waals surface area contributed by atoms with Crippen LogP contribution in [0.5, 0.6) is 11.5 Å². The van der Waals surface area contributed by atoms with Gasteiger partial charge in [0, 0.05) is 29.3 Å². The molecule has 0 bridgehead atoms. The molecule has 5 rings (SSSR count). The Kier molecular flexibility index (Phi) is 5.80. The minimum absolute atomic E-state index is 0.283. The quantitative estimate of drug-likeness (QED) is 0.257. The first-order chi connectivity index (χ1) is 15.6. The molecule has 1 aliphatic carbocycles. The summed E-state index contributed by atoms with van der Waals surface area (Å²) in [7, 11) is 1.58. The van der Waals surface area contributed by atoms with Crippen LogP contribution in [-0.2, 0) is 12.4 Å². The number of para-hydroxylation sites is 1. The molecule has 2 aromatic carbocycles. The van der Waals surface area contributed by atoms with Crippen LogP contribution in [0.15, 0.2) is 62.9 Å². The molecule has 2 heterocycles. The lowest BCUT2D eigenvalue weighted by atomic mass is 10.1. The molecule has 0 N–H and O–H groups in total. The second-order valence-corrected chi connectivity index (χ2v) is 8.81. The van der Waals surface area contributed by atoms with Gasteiger partial charge in [-0.05, 0) is 42.7 Å². The molecule has 1 aliphatic rings. The van der Waals surface area contributed by atoms with E-state index in [0.717, 1.165) is 34.8 Å². The maximum Gasteiger partial charge on any atom is 0.336 e. The van der Waals surface area contributed by atoms with Crippen molar-refractivity contribution in [2.75, 3.05) is 7.11 Å². The van der Waals surface area contributed by atoms with Crippen LogP contribution in [0.1, 0.15) is 30.3 Å². The highest BCUT2D eigenvalue weighted by Gasteiger charge is 2.30. The fourth-order valence-electron chi connectivity index (χ4n) is 3.51. The zero-order valence-electron chi connectivity index (χ0n) is 17.3. The van der Waals surface area contributed by atoms with Gasteiger partial charge in [0.2, 0.25) is 0 Å². The van der Waals surface area contributed by atoms with Crippen LogP contribution in [0.25, 0.3) is 11.0 Å². The lowest BCUT2D eigenvalue weighted by Gasteiger charge is -2.11. The molecule has 1 fully saturated rings. The van der Waals surface area contributed by atoms with Crippen molar-refractivity contribution in [1.29, 1.82) is 0 Å². The second-order valence-electron chi connectivity index (χ2n) is 7.46. The van der Waals surface area contributed by atoms with Gasteiger partial charge in [-0.25, -0.2) is 4.79 Å². The highest BCUT2D eigenvalue weighted by atomic mass is 35.5. The Bertz CT molecular complexity index is 1330. The van der Waals surface area contributed by atoms with Crippen LogP contribution in [0.2, 0.25) is 5.02 Å². The van der Waals surface area contributed by atoms with E-state index in [1.807, 2.05) is 30.3 Å². The van der Waals surface area contributed by atoms with Crippen molar-refractivity contribution in [1.82, 2.24) is 14.8 Å². The molecule has 0 radical (unpaired) electrons. The molecule has 0 aliphatic heterocycles. The fourth-order valence-corrected chi connectivity index (χ4v) is 4.71. The van der Waals surface area contributed by atoms with E-state index >= 15 is 0 Å². The van der Waals surface area contributed by atoms with Crippen LogP contribution in [0.4, 0.5) is 0 Å². The van der Waals surface area contributed by atoms with Gasteiger partial charge in [0.1, 0.15) is 23.7 Å². The average Bonchev–Trinajstić information content (AvgIpc) is 3.56. The Morgan fingerprint density at radius 3 is 2.81 bits per heavy atom. The summed E-state index contributed by atoms with van der Waals surface area (Å²) in [5.41, 5.74) is 0.992. The van der Waals surface area contributed by atoms with Gasteiger partial charge in [-0.3, -0.25) is 4.57 Å². The van der Waals surface area contributed by atoms with E-state index in [1.165, 1.54) is 6.07 Å². The van der Waals surface area contributed by atoms with E-state index in [2.05, 4.69) is 14.8 Å². The van der Waals surface area contributed by atoms with Gasteiger partial charge in [-0.15, -0.1) is 10.2 Å². The molecule has 0 saturated heterocycles. The van der Waals surface area contributed by atoms with E-state index < -0.39 is 0 Å². The number of hydrogen-bond acceptors (Lipinski definition) is 7. The topological polar surface area (TPSA) is 79.4 Å². The van der Waals surface area contributed by atoms with Crippen molar-refractivity contribution in [2.24, 2.45) is 0 Å². The van der Waals surface area contributed by atoms with Crippen LogP contribution in [-0.4, -0.2) is 21.9 Å². The van der Waals surface area contributed by atoms with Gasteiger partial charge in [-0.2, -0.15) is 0 Å². The van der Waals surface area contributed by atoms with Crippen molar-refractivity contribution in [3.05, 3.63) is 75.4 Å². The maximum atomic E-state index is 12.1. The molecule has 0 spiro atoms. The third-order valence-electron chi connectivity index (χ3n) is 5.23. The third-order valence-corrected chi connectivity index (χ3v) is 6.54. The van der Waals surface area contributed by atoms with E-state index in [1.54, 1.807) is 31.0 Å². The minimum Gasteiger partial charge on any atom is -0.497 e. The zero-order chi connectivity index (χ0) is 22.1. The van der Waals surface area contributed by atoms with E-state index in [-0.39, 0.29) is 12.2 Å². The number of ether oxygens (including phenoxy) is 2. The Morgan fingerprint density at radius 1 is 1.19 bits per heavy atom. The van der Waals surface area contributed by atoms with Crippen molar-refractivity contribution in [3.63, 3.8) is 0 Å². The molecular formula is C23H20ClN3O4S. The number of thioether (sulfide) groups is 1. The summed E-state index contributed by atoms with van der Waals surface area (Å²) in [5.74, 6) is 2.58. The van der Waals surface area contributed by atoms with Gasteiger partial charge in [0.05, 0.1) is 12.1 Å². The highest BCUT2D eigenvalue weighted by molar-refractivity contribution is 7.98. The Morgan fingerprint density at radius 2 is 2.03 bits per heavy atom. The predicted octanol–water partition coefficient (Wildman–Crippen LogP) is 5.25. The Balaban J connectivity index is 1.37. The number of fused-ring (bicyclic) bond motifs is 1. The van der Waals surface area contributed by atoms with E-state index in [0.29, 0.717) is 33.9 Å². The number of halogens is 1. The molecule has 2 aromatic heterocycles. The Labute approximate surface area is 193 Å². The van der Waals surface area contributed by atoms with Crippen LogP contribution >= 0.6 is 23.4 Å². The molecule has 0 unspecified atom stereocenters. The molecular weight excluding hydrogens is 450 g/mol. The Hall–Kier alpha value is -2.97. The molecule has 0 atom stereocenters. The first-order valence-corrected chi connectivity index (χ1v) is 11.5. The molecule has 4 aromatic rings. The normalized spacial score (nSPS) is 13.4. The lowest BCUT2D eigenvalue weighted by molar-refractivity contribution is 0.288. The summed E-state index contributed by atoms with van der Waals surface area (Å²) >= 11 is 7.74. The van der Waals surface area contributed by atoms with Gasteiger partial charge < -0.3 is 13.9 Å². The summed E-state index contributed by atoms with van der Waals surface area (Å²) in [5, 5.41) is 11.0. The number of nitrogens with zero attached hydrogens (tertiary/aromatic N) is 3. The number of rotatable bonds is 8. The summed E-state index contributed by atoms with van der Waals surface area (Å²) in [6.45, 7) is 0.283. The molecule has 7 nitrogen and oxygen atoms in total. The lowest BCUT2D eigenvalue weighted by Crippen LogP contribution is -2.07.